The van der Waals surface area contributed by atoms with Crippen LogP contribution in [-0.2, 0) is 0 Å². The predicted molar refractivity (Wildman–Crippen MR) is 98.6 cm³/mol. The van der Waals surface area contributed by atoms with Gasteiger partial charge < -0.3 is 9.47 Å². The van der Waals surface area contributed by atoms with Crippen molar-refractivity contribution < 1.29 is 9.47 Å². The molecule has 3 aromatic heterocycles. The van der Waals surface area contributed by atoms with Crippen molar-refractivity contribution in [3.05, 3.63) is 47.7 Å². The van der Waals surface area contributed by atoms with E-state index in [1.807, 2.05) is 6.07 Å². The smallest absolute Gasteiger partial charge is 0.257 e. The Kier molecular flexibility index (Phi) is 4.18. The molecule has 4 rings (SSSR count). The number of hydrogen-bond acceptors (Lipinski definition) is 6. The molecule has 0 spiro atoms. The molecule has 0 bridgehead atoms. The Morgan fingerprint density at radius 1 is 0.962 bits per heavy atom. The lowest BCUT2D eigenvalue weighted by atomic mass is 9.96. The molecule has 4 heterocycles. The van der Waals surface area contributed by atoms with E-state index in [0.717, 1.165) is 33.6 Å². The van der Waals surface area contributed by atoms with Crippen LogP contribution in [0.3, 0.4) is 0 Å². The number of fused-ring (bicyclic) bond motifs is 2. The number of pyridine rings is 2. The number of rotatable bonds is 3. The molecular weight excluding hydrogens is 328 g/mol. The highest BCUT2D eigenvalue weighted by molar-refractivity contribution is 5.78. The fourth-order valence-electron chi connectivity index (χ4n) is 3.38. The summed E-state index contributed by atoms with van der Waals surface area (Å²) in [4.78, 5) is 17.9. The van der Waals surface area contributed by atoms with Gasteiger partial charge >= 0.3 is 0 Å². The van der Waals surface area contributed by atoms with Crippen molar-refractivity contribution in [2.45, 2.75) is 45.6 Å². The molecule has 0 N–H and O–H groups in total. The second-order valence-corrected chi connectivity index (χ2v) is 7.11. The molecular formula is C20H22N4O2. The van der Waals surface area contributed by atoms with Gasteiger partial charge in [-0.05, 0) is 17.9 Å². The van der Waals surface area contributed by atoms with E-state index in [1.54, 1.807) is 24.8 Å². The summed E-state index contributed by atoms with van der Waals surface area (Å²) in [5.41, 5.74) is 4.67. The molecule has 6 nitrogen and oxygen atoms in total. The van der Waals surface area contributed by atoms with Crippen LogP contribution in [0, 0.1) is 0 Å². The molecule has 1 aliphatic rings. The molecule has 1 unspecified atom stereocenters. The van der Waals surface area contributed by atoms with Crippen LogP contribution in [0.25, 0.3) is 11.0 Å². The second-order valence-electron chi connectivity index (χ2n) is 7.11. The van der Waals surface area contributed by atoms with Gasteiger partial charge in [-0.25, -0.2) is 4.98 Å². The standard InChI is InChI=1S/C20H22N4O2/c1-11(2)13-5-6-23-20-19(13)26-15(10-25-20)18-16(12(3)4)17-14(9-24-18)21-7-8-22-17/h5-9,11-12,15H,10H2,1-4H3. The SMILES string of the molecule is CC(C)c1ccnc2c1OC(c1ncc3nccnc3c1C(C)C)CO2. The summed E-state index contributed by atoms with van der Waals surface area (Å²) in [5.74, 6) is 1.82. The summed E-state index contributed by atoms with van der Waals surface area (Å²) in [7, 11) is 0. The van der Waals surface area contributed by atoms with Gasteiger partial charge in [-0.3, -0.25) is 15.0 Å². The molecule has 1 aliphatic heterocycles. The molecule has 0 aliphatic carbocycles. The van der Waals surface area contributed by atoms with Gasteiger partial charge in [-0.15, -0.1) is 0 Å². The van der Waals surface area contributed by atoms with Crippen molar-refractivity contribution in [3.63, 3.8) is 0 Å². The third kappa shape index (κ3) is 2.75. The second kappa shape index (κ2) is 6.52. The van der Waals surface area contributed by atoms with E-state index in [-0.39, 0.29) is 12.0 Å². The largest absolute Gasteiger partial charge is 0.475 e. The van der Waals surface area contributed by atoms with Crippen LogP contribution in [0.5, 0.6) is 11.6 Å². The molecule has 3 aromatic rings. The highest BCUT2D eigenvalue weighted by Gasteiger charge is 2.30. The predicted octanol–water partition coefficient (Wildman–Crippen LogP) is 4.18. The minimum absolute atomic E-state index is 0.237. The van der Waals surface area contributed by atoms with E-state index in [1.165, 1.54) is 0 Å². The van der Waals surface area contributed by atoms with Gasteiger partial charge in [0.2, 0.25) is 0 Å². The average Bonchev–Trinajstić information content (AvgIpc) is 2.65. The molecule has 26 heavy (non-hydrogen) atoms. The molecule has 0 fully saturated rings. The minimum atomic E-state index is -0.298. The Morgan fingerprint density at radius 2 is 1.77 bits per heavy atom. The van der Waals surface area contributed by atoms with Crippen LogP contribution in [-0.4, -0.2) is 26.5 Å². The van der Waals surface area contributed by atoms with E-state index in [0.29, 0.717) is 18.4 Å². The Balaban J connectivity index is 1.81. The minimum Gasteiger partial charge on any atom is -0.475 e. The van der Waals surface area contributed by atoms with E-state index >= 15 is 0 Å². The zero-order valence-electron chi connectivity index (χ0n) is 15.4. The monoisotopic (exact) mass is 350 g/mol. The Hall–Kier alpha value is -2.76. The fourth-order valence-corrected chi connectivity index (χ4v) is 3.38. The highest BCUT2D eigenvalue weighted by atomic mass is 16.6. The Labute approximate surface area is 152 Å². The summed E-state index contributed by atoms with van der Waals surface area (Å²) in [6, 6.07) is 1.98. The van der Waals surface area contributed by atoms with E-state index < -0.39 is 0 Å². The lowest BCUT2D eigenvalue weighted by molar-refractivity contribution is 0.0810. The molecule has 0 saturated heterocycles. The van der Waals surface area contributed by atoms with Crippen molar-refractivity contribution >= 4 is 11.0 Å². The summed E-state index contributed by atoms with van der Waals surface area (Å²) in [6.07, 6.45) is 6.63. The third-order valence-corrected chi connectivity index (χ3v) is 4.62. The number of hydrogen-bond donors (Lipinski definition) is 0. The zero-order chi connectivity index (χ0) is 18.3. The van der Waals surface area contributed by atoms with Gasteiger partial charge in [0.1, 0.15) is 12.1 Å². The zero-order valence-corrected chi connectivity index (χ0v) is 15.4. The third-order valence-electron chi connectivity index (χ3n) is 4.62. The Morgan fingerprint density at radius 3 is 2.54 bits per heavy atom. The molecule has 134 valence electrons. The van der Waals surface area contributed by atoms with Gasteiger partial charge in [-0.2, -0.15) is 0 Å². The van der Waals surface area contributed by atoms with Gasteiger partial charge in [0.25, 0.3) is 5.88 Å². The van der Waals surface area contributed by atoms with E-state index in [9.17, 15) is 0 Å². The normalized spacial score (nSPS) is 16.5. The Bertz CT molecular complexity index is 956. The first-order chi connectivity index (χ1) is 12.6. The first-order valence-corrected chi connectivity index (χ1v) is 8.94. The summed E-state index contributed by atoms with van der Waals surface area (Å²) < 4.78 is 12.3. The van der Waals surface area contributed by atoms with Crippen LogP contribution < -0.4 is 9.47 Å². The highest BCUT2D eigenvalue weighted by Crippen LogP contribution is 2.41. The molecule has 0 amide bonds. The number of aromatic nitrogens is 4. The van der Waals surface area contributed by atoms with Crippen molar-refractivity contribution in [3.8, 4) is 11.6 Å². The van der Waals surface area contributed by atoms with Crippen LogP contribution >= 0.6 is 0 Å². The lowest BCUT2D eigenvalue weighted by Gasteiger charge is -2.29. The summed E-state index contributed by atoms with van der Waals surface area (Å²) in [6.45, 7) is 8.90. The van der Waals surface area contributed by atoms with Gasteiger partial charge in [0, 0.05) is 29.7 Å². The van der Waals surface area contributed by atoms with Crippen LogP contribution in [0.4, 0.5) is 0 Å². The van der Waals surface area contributed by atoms with Crippen molar-refractivity contribution in [2.24, 2.45) is 0 Å². The maximum absolute atomic E-state index is 6.35. The summed E-state index contributed by atoms with van der Waals surface area (Å²) >= 11 is 0. The molecule has 0 aromatic carbocycles. The van der Waals surface area contributed by atoms with Crippen LogP contribution in [0.15, 0.2) is 30.9 Å². The maximum Gasteiger partial charge on any atom is 0.257 e. The molecule has 0 radical (unpaired) electrons. The first kappa shape index (κ1) is 16.7. The molecule has 6 heteroatoms. The fraction of sp³-hybridized carbons (Fsp3) is 0.400. The van der Waals surface area contributed by atoms with Crippen LogP contribution in [0.2, 0.25) is 0 Å². The van der Waals surface area contributed by atoms with Gasteiger partial charge in [0.15, 0.2) is 11.9 Å². The van der Waals surface area contributed by atoms with E-state index in [4.69, 9.17) is 9.47 Å². The lowest BCUT2D eigenvalue weighted by Crippen LogP contribution is -2.25. The van der Waals surface area contributed by atoms with Crippen molar-refractivity contribution in [1.82, 2.24) is 19.9 Å². The quantitative estimate of drug-likeness (QED) is 0.706. The van der Waals surface area contributed by atoms with Crippen molar-refractivity contribution in [2.75, 3.05) is 6.61 Å². The van der Waals surface area contributed by atoms with Gasteiger partial charge in [-0.1, -0.05) is 27.7 Å². The number of ether oxygens (including phenoxy) is 2. The maximum atomic E-state index is 6.35. The van der Waals surface area contributed by atoms with Gasteiger partial charge in [0.05, 0.1) is 17.4 Å². The number of nitrogens with zero attached hydrogens (tertiary/aromatic N) is 4. The van der Waals surface area contributed by atoms with E-state index in [2.05, 4.69) is 47.6 Å². The topological polar surface area (TPSA) is 70.0 Å². The summed E-state index contributed by atoms with van der Waals surface area (Å²) in [5, 5.41) is 0. The average molecular weight is 350 g/mol. The molecule has 1 atom stereocenters. The molecule has 0 saturated carbocycles. The van der Waals surface area contributed by atoms with Crippen LogP contribution in [0.1, 0.15) is 62.5 Å². The van der Waals surface area contributed by atoms with Crippen molar-refractivity contribution in [1.29, 1.82) is 0 Å². The first-order valence-electron chi connectivity index (χ1n) is 8.94.